The van der Waals surface area contributed by atoms with Gasteiger partial charge in [0.2, 0.25) is 0 Å². The summed E-state index contributed by atoms with van der Waals surface area (Å²) in [7, 11) is 3.98. The molecule has 0 radical (unpaired) electrons. The van der Waals surface area contributed by atoms with E-state index in [-0.39, 0.29) is 5.63 Å². The molecule has 0 amide bonds. The van der Waals surface area contributed by atoms with Crippen LogP contribution in [0.15, 0.2) is 88.3 Å². The third-order valence-corrected chi connectivity index (χ3v) is 4.71. The quantitative estimate of drug-likeness (QED) is 0.410. The number of aromatic nitrogens is 1. The summed E-state index contributed by atoms with van der Waals surface area (Å²) in [6.45, 7) is 0.787. The number of fused-ring (bicyclic) bond motifs is 1. The van der Waals surface area contributed by atoms with E-state index >= 15 is 0 Å². The Kier molecular flexibility index (Phi) is 4.47. The molecule has 0 unspecified atom stereocenters. The van der Waals surface area contributed by atoms with Gasteiger partial charge >= 0.3 is 5.63 Å². The summed E-state index contributed by atoms with van der Waals surface area (Å²) in [4.78, 5) is 14.6. The van der Waals surface area contributed by atoms with Crippen LogP contribution in [0.1, 0.15) is 5.56 Å². The van der Waals surface area contributed by atoms with Crippen LogP contribution in [0.4, 0.5) is 5.69 Å². The predicted octanol–water partition coefficient (Wildman–Crippen LogP) is 3.92. The van der Waals surface area contributed by atoms with Crippen molar-refractivity contribution in [3.05, 3.63) is 95.1 Å². The molecule has 4 nitrogen and oxygen atoms in total. The molecule has 0 aliphatic heterocycles. The predicted molar refractivity (Wildman–Crippen MR) is 108 cm³/mol. The van der Waals surface area contributed by atoms with Gasteiger partial charge in [-0.05, 0) is 23.8 Å². The zero-order valence-electron chi connectivity index (χ0n) is 15.4. The number of rotatable bonds is 4. The van der Waals surface area contributed by atoms with Crippen molar-refractivity contribution in [2.24, 2.45) is 7.05 Å². The Morgan fingerprint density at radius 1 is 0.963 bits per heavy atom. The number of benzene rings is 2. The van der Waals surface area contributed by atoms with Gasteiger partial charge in [-0.25, -0.2) is 9.36 Å². The summed E-state index contributed by atoms with van der Waals surface area (Å²) in [5.74, 6) is 0. The average Bonchev–Trinajstić information content (AvgIpc) is 2.68. The van der Waals surface area contributed by atoms with Crippen LogP contribution in [0.25, 0.3) is 22.1 Å². The van der Waals surface area contributed by atoms with Crippen molar-refractivity contribution in [2.45, 2.75) is 6.54 Å². The van der Waals surface area contributed by atoms with Crippen LogP contribution in [-0.2, 0) is 13.6 Å². The molecule has 134 valence electrons. The van der Waals surface area contributed by atoms with Crippen molar-refractivity contribution >= 4 is 16.7 Å². The Labute approximate surface area is 157 Å². The second kappa shape index (κ2) is 7.08. The van der Waals surface area contributed by atoms with E-state index in [1.807, 2.05) is 79.6 Å². The minimum absolute atomic E-state index is 0.320. The standard InChI is InChI=1S/C23H21N2O2/c1-24-12-10-18(11-13-24)21-14-19-8-9-20(15-22(19)27-23(21)26)25(2)16-17-6-4-3-5-7-17/h3-15H,16H2,1-2H3/q+1. The topological polar surface area (TPSA) is 37.3 Å². The largest absolute Gasteiger partial charge is 0.422 e. The van der Waals surface area contributed by atoms with Crippen molar-refractivity contribution in [3.8, 4) is 11.1 Å². The number of hydrogen-bond acceptors (Lipinski definition) is 3. The normalized spacial score (nSPS) is 10.9. The zero-order chi connectivity index (χ0) is 18.8. The Bertz CT molecular complexity index is 1130. The van der Waals surface area contributed by atoms with Gasteiger partial charge in [0.05, 0.1) is 5.56 Å². The monoisotopic (exact) mass is 357 g/mol. The van der Waals surface area contributed by atoms with Crippen LogP contribution in [0.2, 0.25) is 0 Å². The molecule has 0 aliphatic rings. The van der Waals surface area contributed by atoms with Gasteiger partial charge in [-0.2, -0.15) is 0 Å². The molecule has 2 aromatic heterocycles. The number of nitrogens with zero attached hydrogens (tertiary/aromatic N) is 2. The van der Waals surface area contributed by atoms with Crippen LogP contribution >= 0.6 is 0 Å². The molecule has 0 fully saturated rings. The fourth-order valence-corrected chi connectivity index (χ4v) is 3.17. The molecule has 2 aromatic carbocycles. The van der Waals surface area contributed by atoms with E-state index in [4.69, 9.17) is 4.42 Å². The maximum absolute atomic E-state index is 12.5. The highest BCUT2D eigenvalue weighted by Gasteiger charge is 2.11. The van der Waals surface area contributed by atoms with Gasteiger partial charge in [0, 0.05) is 48.4 Å². The molecule has 0 bridgehead atoms. The molecule has 0 N–H and O–H groups in total. The van der Waals surface area contributed by atoms with Gasteiger partial charge in [0.25, 0.3) is 0 Å². The van der Waals surface area contributed by atoms with E-state index in [0.29, 0.717) is 11.1 Å². The van der Waals surface area contributed by atoms with Gasteiger partial charge in [-0.15, -0.1) is 0 Å². The highest BCUT2D eigenvalue weighted by molar-refractivity contribution is 5.84. The summed E-state index contributed by atoms with van der Waals surface area (Å²) in [6, 6.07) is 22.0. The van der Waals surface area contributed by atoms with Gasteiger partial charge in [0.1, 0.15) is 12.6 Å². The number of hydrogen-bond donors (Lipinski definition) is 0. The van der Waals surface area contributed by atoms with Crippen LogP contribution in [0.3, 0.4) is 0 Å². The number of aryl methyl sites for hydroxylation is 1. The lowest BCUT2D eigenvalue weighted by atomic mass is 10.1. The molecule has 4 heteroatoms. The highest BCUT2D eigenvalue weighted by atomic mass is 16.4. The van der Waals surface area contributed by atoms with Gasteiger partial charge < -0.3 is 9.32 Å². The van der Waals surface area contributed by atoms with Crippen molar-refractivity contribution in [1.29, 1.82) is 0 Å². The Hall–Kier alpha value is -3.40. The van der Waals surface area contributed by atoms with Gasteiger partial charge in [0.15, 0.2) is 12.4 Å². The van der Waals surface area contributed by atoms with E-state index < -0.39 is 0 Å². The zero-order valence-corrected chi connectivity index (χ0v) is 15.4. The Morgan fingerprint density at radius 3 is 2.44 bits per heavy atom. The second-order valence-corrected chi connectivity index (χ2v) is 6.76. The molecule has 0 saturated heterocycles. The molecule has 0 spiro atoms. The molecule has 0 aliphatic carbocycles. The first kappa shape index (κ1) is 17.0. The first-order valence-electron chi connectivity index (χ1n) is 8.89. The fourth-order valence-electron chi connectivity index (χ4n) is 3.17. The summed E-state index contributed by atoms with van der Waals surface area (Å²) >= 11 is 0. The van der Waals surface area contributed by atoms with Crippen molar-refractivity contribution in [2.75, 3.05) is 11.9 Å². The van der Waals surface area contributed by atoms with E-state index in [2.05, 4.69) is 23.1 Å². The summed E-state index contributed by atoms with van der Waals surface area (Å²) in [5.41, 5.74) is 3.95. The minimum Gasteiger partial charge on any atom is -0.422 e. The summed E-state index contributed by atoms with van der Waals surface area (Å²) in [6.07, 6.45) is 3.83. The lowest BCUT2D eigenvalue weighted by Gasteiger charge is -2.19. The smallest absolute Gasteiger partial charge is 0.344 e. The third-order valence-electron chi connectivity index (χ3n) is 4.71. The maximum Gasteiger partial charge on any atom is 0.344 e. The molecule has 0 saturated carbocycles. The number of pyridine rings is 1. The third kappa shape index (κ3) is 3.60. The van der Waals surface area contributed by atoms with Crippen molar-refractivity contribution in [1.82, 2.24) is 0 Å². The first-order chi connectivity index (χ1) is 13.1. The summed E-state index contributed by atoms with van der Waals surface area (Å²) < 4.78 is 7.56. The molecule has 4 rings (SSSR count). The Morgan fingerprint density at radius 2 is 1.70 bits per heavy atom. The van der Waals surface area contributed by atoms with Crippen LogP contribution in [-0.4, -0.2) is 7.05 Å². The van der Waals surface area contributed by atoms with Gasteiger partial charge in [-0.3, -0.25) is 0 Å². The van der Waals surface area contributed by atoms with E-state index in [0.717, 1.165) is 23.2 Å². The molecule has 27 heavy (non-hydrogen) atoms. The molecule has 0 atom stereocenters. The van der Waals surface area contributed by atoms with Crippen LogP contribution in [0, 0.1) is 0 Å². The molecular formula is C23H21N2O2+. The maximum atomic E-state index is 12.5. The van der Waals surface area contributed by atoms with E-state index in [1.54, 1.807) is 0 Å². The number of anilines is 1. The molecule has 4 aromatic rings. The van der Waals surface area contributed by atoms with Crippen LogP contribution < -0.4 is 15.1 Å². The lowest BCUT2D eigenvalue weighted by Crippen LogP contribution is -2.25. The lowest BCUT2D eigenvalue weighted by molar-refractivity contribution is -0.671. The van der Waals surface area contributed by atoms with Crippen molar-refractivity contribution < 1.29 is 8.98 Å². The van der Waals surface area contributed by atoms with E-state index in [1.165, 1.54) is 5.56 Å². The van der Waals surface area contributed by atoms with E-state index in [9.17, 15) is 4.79 Å². The SMILES string of the molecule is CN(Cc1ccccc1)c1ccc2cc(-c3cc[n+](C)cc3)c(=O)oc2c1. The first-order valence-corrected chi connectivity index (χ1v) is 8.89. The molecular weight excluding hydrogens is 336 g/mol. The highest BCUT2D eigenvalue weighted by Crippen LogP contribution is 2.25. The second-order valence-electron chi connectivity index (χ2n) is 6.76. The van der Waals surface area contributed by atoms with Gasteiger partial charge in [-0.1, -0.05) is 30.3 Å². The fraction of sp³-hybridized carbons (Fsp3) is 0.130. The minimum atomic E-state index is -0.320. The summed E-state index contributed by atoms with van der Waals surface area (Å²) in [5, 5.41) is 0.912. The molecule has 2 heterocycles. The average molecular weight is 357 g/mol. The Balaban J connectivity index is 1.68. The van der Waals surface area contributed by atoms with Crippen LogP contribution in [0.5, 0.6) is 0 Å². The van der Waals surface area contributed by atoms with Crippen molar-refractivity contribution in [3.63, 3.8) is 0 Å².